The number of rotatable bonds is 3. The van der Waals surface area contributed by atoms with Gasteiger partial charge in [0, 0.05) is 5.71 Å². The summed E-state index contributed by atoms with van der Waals surface area (Å²) in [7, 11) is 1.44. The molecule has 0 saturated heterocycles. The molecule has 0 aliphatic heterocycles. The van der Waals surface area contributed by atoms with Crippen LogP contribution in [0.15, 0.2) is 35.3 Å². The van der Waals surface area contributed by atoms with E-state index in [0.29, 0.717) is 6.54 Å². The summed E-state index contributed by atoms with van der Waals surface area (Å²) >= 11 is 0. The lowest BCUT2D eigenvalue weighted by Gasteiger charge is -2.08. The van der Waals surface area contributed by atoms with Gasteiger partial charge in [-0.15, -0.1) is 0 Å². The summed E-state index contributed by atoms with van der Waals surface area (Å²) in [4.78, 5) is 16.1. The summed E-state index contributed by atoms with van der Waals surface area (Å²) in [5, 5.41) is 0. The van der Waals surface area contributed by atoms with Gasteiger partial charge in [-0.2, -0.15) is 0 Å². The van der Waals surface area contributed by atoms with Crippen molar-refractivity contribution in [2.24, 2.45) is 10.9 Å². The minimum absolute atomic E-state index is 0.108. The number of benzene rings is 1. The van der Waals surface area contributed by atoms with Gasteiger partial charge >= 0.3 is 5.97 Å². The summed E-state index contributed by atoms with van der Waals surface area (Å²) in [6, 6.07) is 10.1. The third-order valence-corrected chi connectivity index (χ3v) is 3.12. The number of hydrogen-bond donors (Lipinski definition) is 0. The highest BCUT2D eigenvalue weighted by Crippen LogP contribution is 2.24. The van der Waals surface area contributed by atoms with Crippen molar-refractivity contribution in [3.05, 3.63) is 35.9 Å². The van der Waals surface area contributed by atoms with E-state index in [4.69, 9.17) is 4.74 Å². The fraction of sp³-hybridized carbons (Fsp3) is 0.429. The number of aliphatic imine (C=N–C) groups is 1. The average molecular weight is 231 g/mol. The van der Waals surface area contributed by atoms with Crippen LogP contribution in [0.5, 0.6) is 0 Å². The molecular weight excluding hydrogens is 214 g/mol. The molecule has 1 saturated carbocycles. The molecule has 1 aliphatic carbocycles. The molecule has 3 nitrogen and oxygen atoms in total. The van der Waals surface area contributed by atoms with E-state index in [2.05, 4.69) is 4.99 Å². The van der Waals surface area contributed by atoms with E-state index >= 15 is 0 Å². The maximum Gasteiger partial charge on any atom is 0.314 e. The van der Waals surface area contributed by atoms with Crippen LogP contribution in [-0.4, -0.2) is 18.8 Å². The summed E-state index contributed by atoms with van der Waals surface area (Å²) < 4.78 is 4.80. The van der Waals surface area contributed by atoms with Crippen LogP contribution in [0.2, 0.25) is 0 Å². The van der Waals surface area contributed by atoms with E-state index in [9.17, 15) is 4.79 Å². The smallest absolute Gasteiger partial charge is 0.314 e. The first-order chi connectivity index (χ1) is 8.31. The molecule has 0 N–H and O–H groups in total. The van der Waals surface area contributed by atoms with Gasteiger partial charge in [-0.25, -0.2) is 0 Å². The van der Waals surface area contributed by atoms with Gasteiger partial charge < -0.3 is 4.74 Å². The first kappa shape index (κ1) is 11.8. The number of carbonyl (C=O) groups is 1. The van der Waals surface area contributed by atoms with Crippen molar-refractivity contribution in [3.8, 4) is 0 Å². The van der Waals surface area contributed by atoms with Gasteiger partial charge in [0.2, 0.25) is 0 Å². The number of carbonyl (C=O) groups excluding carboxylic acids is 1. The largest absolute Gasteiger partial charge is 0.469 e. The first-order valence-electron chi connectivity index (χ1n) is 5.96. The molecule has 0 amide bonds. The summed E-state index contributed by atoms with van der Waals surface area (Å²) in [6.45, 7) is 0.656. The number of hydrogen-bond acceptors (Lipinski definition) is 3. The monoisotopic (exact) mass is 231 g/mol. The Labute approximate surface area is 102 Å². The van der Waals surface area contributed by atoms with Crippen LogP contribution in [-0.2, 0) is 16.1 Å². The maximum absolute atomic E-state index is 11.5. The zero-order valence-corrected chi connectivity index (χ0v) is 10.1. The fourth-order valence-electron chi connectivity index (χ4n) is 2.19. The van der Waals surface area contributed by atoms with Gasteiger partial charge in [0.25, 0.3) is 0 Å². The summed E-state index contributed by atoms with van der Waals surface area (Å²) in [5.41, 5.74) is 2.18. The lowest BCUT2D eigenvalue weighted by Crippen LogP contribution is -2.20. The van der Waals surface area contributed by atoms with Crippen LogP contribution in [0.3, 0.4) is 0 Å². The Balaban J connectivity index is 2.04. The van der Waals surface area contributed by atoms with Gasteiger partial charge in [-0.1, -0.05) is 30.3 Å². The van der Waals surface area contributed by atoms with Crippen LogP contribution in [0.4, 0.5) is 0 Å². The van der Waals surface area contributed by atoms with Gasteiger partial charge in [0.1, 0.15) is 0 Å². The van der Waals surface area contributed by atoms with Crippen molar-refractivity contribution >= 4 is 11.7 Å². The molecule has 0 spiro atoms. The average Bonchev–Trinajstić information content (AvgIpc) is 2.85. The fourth-order valence-corrected chi connectivity index (χ4v) is 2.19. The van der Waals surface area contributed by atoms with Gasteiger partial charge in [-0.3, -0.25) is 9.79 Å². The molecule has 2 rings (SSSR count). The first-order valence-corrected chi connectivity index (χ1v) is 5.96. The second-order valence-corrected chi connectivity index (χ2v) is 4.26. The number of esters is 1. The Bertz CT molecular complexity index is 411. The van der Waals surface area contributed by atoms with Crippen molar-refractivity contribution in [1.82, 2.24) is 0 Å². The molecule has 0 heterocycles. The van der Waals surface area contributed by atoms with E-state index in [1.807, 2.05) is 30.3 Å². The molecule has 1 atom stereocenters. The van der Waals surface area contributed by atoms with Crippen LogP contribution in [0.1, 0.15) is 24.8 Å². The highest BCUT2D eigenvalue weighted by molar-refractivity contribution is 6.03. The highest BCUT2D eigenvalue weighted by Gasteiger charge is 2.29. The quantitative estimate of drug-likeness (QED) is 0.750. The van der Waals surface area contributed by atoms with Crippen molar-refractivity contribution in [3.63, 3.8) is 0 Å². The number of nitrogens with zero attached hydrogens (tertiary/aromatic N) is 1. The minimum atomic E-state index is -0.144. The molecule has 1 aromatic carbocycles. The van der Waals surface area contributed by atoms with E-state index in [1.165, 1.54) is 12.7 Å². The second-order valence-electron chi connectivity index (χ2n) is 4.26. The Morgan fingerprint density at radius 1 is 1.41 bits per heavy atom. The molecule has 3 heteroatoms. The normalized spacial score (nSPS) is 21.7. The summed E-state index contributed by atoms with van der Waals surface area (Å²) in [6.07, 6.45) is 2.83. The predicted molar refractivity (Wildman–Crippen MR) is 66.9 cm³/mol. The number of ether oxygens (including phenoxy) is 1. The van der Waals surface area contributed by atoms with Gasteiger partial charge in [0.05, 0.1) is 19.6 Å². The van der Waals surface area contributed by atoms with Crippen molar-refractivity contribution in [1.29, 1.82) is 0 Å². The van der Waals surface area contributed by atoms with E-state index in [-0.39, 0.29) is 11.9 Å². The van der Waals surface area contributed by atoms with E-state index < -0.39 is 0 Å². The molecule has 0 radical (unpaired) electrons. The topological polar surface area (TPSA) is 38.7 Å². The van der Waals surface area contributed by atoms with Crippen LogP contribution >= 0.6 is 0 Å². The Kier molecular flexibility index (Phi) is 3.91. The molecule has 1 unspecified atom stereocenters. The molecule has 1 aliphatic rings. The molecule has 1 fully saturated rings. The highest BCUT2D eigenvalue weighted by atomic mass is 16.5. The van der Waals surface area contributed by atoms with Gasteiger partial charge in [0.15, 0.2) is 0 Å². The van der Waals surface area contributed by atoms with Crippen LogP contribution in [0, 0.1) is 5.92 Å². The summed E-state index contributed by atoms with van der Waals surface area (Å²) in [5.74, 6) is -0.252. The molecule has 0 bridgehead atoms. The standard InChI is InChI=1S/C14H17NO2/c1-17-14(16)12-8-5-9-13(12)15-10-11-6-3-2-4-7-11/h2-4,6-7,12H,5,8-10H2,1H3. The SMILES string of the molecule is COC(=O)C1CCCC1=NCc1ccccc1. The molecule has 17 heavy (non-hydrogen) atoms. The Morgan fingerprint density at radius 2 is 2.18 bits per heavy atom. The molecule has 0 aromatic heterocycles. The zero-order valence-electron chi connectivity index (χ0n) is 10.1. The number of methoxy groups -OCH3 is 1. The lowest BCUT2D eigenvalue weighted by molar-refractivity contribution is -0.142. The van der Waals surface area contributed by atoms with Crippen LogP contribution < -0.4 is 0 Å². The zero-order chi connectivity index (χ0) is 12.1. The molecule has 90 valence electrons. The molecule has 1 aromatic rings. The second kappa shape index (κ2) is 5.62. The lowest BCUT2D eigenvalue weighted by atomic mass is 10.1. The van der Waals surface area contributed by atoms with E-state index in [1.54, 1.807) is 0 Å². The Hall–Kier alpha value is -1.64. The van der Waals surface area contributed by atoms with Crippen molar-refractivity contribution in [2.75, 3.05) is 7.11 Å². The van der Waals surface area contributed by atoms with Crippen LogP contribution in [0.25, 0.3) is 0 Å². The van der Waals surface area contributed by atoms with Gasteiger partial charge in [-0.05, 0) is 24.8 Å². The maximum atomic E-state index is 11.5. The third kappa shape index (κ3) is 2.93. The predicted octanol–water partition coefficient (Wildman–Crippen LogP) is 2.60. The Morgan fingerprint density at radius 3 is 2.88 bits per heavy atom. The third-order valence-electron chi connectivity index (χ3n) is 3.12. The van der Waals surface area contributed by atoms with Crippen molar-refractivity contribution < 1.29 is 9.53 Å². The molecular formula is C14H17NO2. The minimum Gasteiger partial charge on any atom is -0.469 e. The van der Waals surface area contributed by atoms with E-state index in [0.717, 1.165) is 25.0 Å². The van der Waals surface area contributed by atoms with Crippen molar-refractivity contribution in [2.45, 2.75) is 25.8 Å².